The second-order valence-electron chi connectivity index (χ2n) is 6.10. The van der Waals surface area contributed by atoms with Crippen molar-refractivity contribution in [3.8, 4) is 0 Å². The molecule has 1 unspecified atom stereocenters. The molecular formula is C18H19FN2O3S. The Morgan fingerprint density at radius 2 is 1.84 bits per heavy atom. The van der Waals surface area contributed by atoms with Crippen molar-refractivity contribution in [2.45, 2.75) is 37.1 Å². The monoisotopic (exact) mass is 362 g/mol. The number of halogens is 1. The number of hydrogen-bond acceptors (Lipinski definition) is 3. The van der Waals surface area contributed by atoms with Crippen LogP contribution in [0.2, 0.25) is 0 Å². The second-order valence-corrected chi connectivity index (χ2v) is 7.78. The van der Waals surface area contributed by atoms with E-state index in [-0.39, 0.29) is 0 Å². The Morgan fingerprint density at radius 3 is 2.60 bits per heavy atom. The van der Waals surface area contributed by atoms with Crippen molar-refractivity contribution >= 4 is 21.6 Å². The Hall–Kier alpha value is -2.25. The average molecular weight is 362 g/mol. The number of anilines is 1. The van der Waals surface area contributed by atoms with Gasteiger partial charge in [0.15, 0.2) is 0 Å². The molecule has 25 heavy (non-hydrogen) atoms. The highest BCUT2D eigenvalue weighted by Crippen LogP contribution is 2.25. The van der Waals surface area contributed by atoms with Crippen LogP contribution in [0.4, 0.5) is 10.1 Å². The van der Waals surface area contributed by atoms with Crippen molar-refractivity contribution in [1.29, 1.82) is 0 Å². The van der Waals surface area contributed by atoms with Crippen molar-refractivity contribution in [2.24, 2.45) is 0 Å². The molecule has 0 radical (unpaired) electrons. The van der Waals surface area contributed by atoms with E-state index in [2.05, 4.69) is 10.0 Å². The van der Waals surface area contributed by atoms with Gasteiger partial charge in [-0.05, 0) is 61.6 Å². The van der Waals surface area contributed by atoms with Gasteiger partial charge in [0.25, 0.3) is 0 Å². The Labute approximate surface area is 146 Å². The van der Waals surface area contributed by atoms with Gasteiger partial charge in [0.1, 0.15) is 10.7 Å². The highest BCUT2D eigenvalue weighted by Gasteiger charge is 2.24. The van der Waals surface area contributed by atoms with Gasteiger partial charge in [-0.2, -0.15) is 4.72 Å². The predicted octanol–water partition coefficient (Wildman–Crippen LogP) is 2.62. The molecule has 0 bridgehead atoms. The van der Waals surface area contributed by atoms with Crippen LogP contribution in [0.25, 0.3) is 0 Å². The lowest BCUT2D eigenvalue weighted by atomic mass is 10.1. The predicted molar refractivity (Wildman–Crippen MR) is 93.3 cm³/mol. The van der Waals surface area contributed by atoms with Crippen LogP contribution in [0.15, 0.2) is 47.4 Å². The van der Waals surface area contributed by atoms with Crippen molar-refractivity contribution < 1.29 is 17.6 Å². The first-order valence-corrected chi connectivity index (χ1v) is 9.55. The first kappa shape index (κ1) is 17.6. The summed E-state index contributed by atoms with van der Waals surface area (Å²) in [5.74, 6) is -1.36. The molecule has 1 atom stereocenters. The second kappa shape index (κ2) is 6.93. The van der Waals surface area contributed by atoms with Gasteiger partial charge < -0.3 is 5.32 Å². The molecule has 0 saturated heterocycles. The third kappa shape index (κ3) is 3.88. The molecule has 132 valence electrons. The minimum Gasteiger partial charge on any atom is -0.325 e. The zero-order chi connectivity index (χ0) is 18.0. The van der Waals surface area contributed by atoms with Crippen LogP contribution in [-0.4, -0.2) is 20.4 Å². The van der Waals surface area contributed by atoms with E-state index in [1.165, 1.54) is 30.2 Å². The Balaban J connectivity index is 1.69. The number of nitrogens with one attached hydrogen (secondary N) is 2. The van der Waals surface area contributed by atoms with E-state index in [1.54, 1.807) is 6.07 Å². The molecule has 0 heterocycles. The summed E-state index contributed by atoms with van der Waals surface area (Å²) in [5.41, 5.74) is 3.12. The molecule has 3 rings (SSSR count). The van der Waals surface area contributed by atoms with E-state index in [0.717, 1.165) is 31.4 Å². The van der Waals surface area contributed by atoms with Crippen molar-refractivity contribution in [2.75, 3.05) is 5.32 Å². The summed E-state index contributed by atoms with van der Waals surface area (Å²) in [5, 5.41) is 2.70. The number of rotatable bonds is 5. The third-order valence-electron chi connectivity index (χ3n) is 4.22. The topological polar surface area (TPSA) is 75.3 Å². The number of benzene rings is 2. The maximum absolute atomic E-state index is 13.7. The first-order valence-electron chi connectivity index (χ1n) is 8.06. The maximum atomic E-state index is 13.7. The highest BCUT2D eigenvalue weighted by atomic mass is 32.2. The van der Waals surface area contributed by atoms with Gasteiger partial charge in [0.05, 0.1) is 6.04 Å². The molecule has 2 aromatic rings. The van der Waals surface area contributed by atoms with Gasteiger partial charge in [-0.3, -0.25) is 4.79 Å². The summed E-state index contributed by atoms with van der Waals surface area (Å²) >= 11 is 0. The fraction of sp³-hybridized carbons (Fsp3) is 0.278. The van der Waals surface area contributed by atoms with Crippen LogP contribution in [-0.2, 0) is 27.7 Å². The van der Waals surface area contributed by atoms with E-state index in [0.29, 0.717) is 5.69 Å². The molecule has 1 aliphatic rings. The third-order valence-corrected chi connectivity index (χ3v) is 5.79. The number of sulfonamides is 1. The summed E-state index contributed by atoms with van der Waals surface area (Å²) in [6.45, 7) is 1.42. The van der Waals surface area contributed by atoms with E-state index in [1.807, 2.05) is 12.1 Å². The van der Waals surface area contributed by atoms with E-state index < -0.39 is 32.7 Å². The van der Waals surface area contributed by atoms with Crippen molar-refractivity contribution in [3.63, 3.8) is 0 Å². The fourth-order valence-electron chi connectivity index (χ4n) is 2.91. The molecule has 2 N–H and O–H groups in total. The summed E-state index contributed by atoms with van der Waals surface area (Å²) in [6.07, 6.45) is 3.13. The maximum Gasteiger partial charge on any atom is 0.244 e. The molecule has 7 heteroatoms. The summed E-state index contributed by atoms with van der Waals surface area (Å²) in [6, 6.07) is 9.69. The molecule has 2 aromatic carbocycles. The van der Waals surface area contributed by atoms with Gasteiger partial charge in [-0.15, -0.1) is 0 Å². The lowest BCUT2D eigenvalue weighted by Crippen LogP contribution is -2.41. The molecule has 0 saturated carbocycles. The highest BCUT2D eigenvalue weighted by molar-refractivity contribution is 7.89. The number of aryl methyl sites for hydroxylation is 2. The number of fused-ring (bicyclic) bond motifs is 1. The molecule has 0 fully saturated rings. The van der Waals surface area contributed by atoms with Gasteiger partial charge in [-0.25, -0.2) is 12.8 Å². The lowest BCUT2D eigenvalue weighted by Gasteiger charge is -2.15. The summed E-state index contributed by atoms with van der Waals surface area (Å²) in [7, 11) is -4.12. The zero-order valence-electron chi connectivity index (χ0n) is 13.8. The molecule has 5 nitrogen and oxygen atoms in total. The number of hydrogen-bond donors (Lipinski definition) is 2. The van der Waals surface area contributed by atoms with Crippen LogP contribution >= 0.6 is 0 Å². The Kier molecular flexibility index (Phi) is 4.87. The summed E-state index contributed by atoms with van der Waals surface area (Å²) in [4.78, 5) is 11.8. The SMILES string of the molecule is CC(NS(=O)(=O)c1ccccc1F)C(=O)Nc1ccc2c(c1)CCC2. The van der Waals surface area contributed by atoms with Crippen LogP contribution in [0.1, 0.15) is 24.5 Å². The summed E-state index contributed by atoms with van der Waals surface area (Å²) < 4.78 is 40.4. The standard InChI is InChI=1S/C18H19FN2O3S/c1-12(21-25(23,24)17-8-3-2-7-16(17)19)18(22)20-15-10-9-13-5-4-6-14(13)11-15/h2-3,7-12,21H,4-6H2,1H3,(H,20,22). The quantitative estimate of drug-likeness (QED) is 0.859. The van der Waals surface area contributed by atoms with Crippen molar-refractivity contribution in [1.82, 2.24) is 4.72 Å². The average Bonchev–Trinajstić information content (AvgIpc) is 3.02. The largest absolute Gasteiger partial charge is 0.325 e. The number of carbonyl (C=O) groups is 1. The number of amides is 1. The first-order chi connectivity index (χ1) is 11.9. The Bertz CT molecular complexity index is 912. The van der Waals surface area contributed by atoms with Crippen LogP contribution in [0.3, 0.4) is 0 Å². The van der Waals surface area contributed by atoms with Gasteiger partial charge in [0, 0.05) is 5.69 Å². The molecule has 1 aliphatic carbocycles. The van der Waals surface area contributed by atoms with Crippen LogP contribution in [0, 0.1) is 5.82 Å². The van der Waals surface area contributed by atoms with E-state index >= 15 is 0 Å². The molecule has 0 aliphatic heterocycles. The Morgan fingerprint density at radius 1 is 1.12 bits per heavy atom. The molecular weight excluding hydrogens is 343 g/mol. The van der Waals surface area contributed by atoms with Gasteiger partial charge >= 0.3 is 0 Å². The van der Waals surface area contributed by atoms with Crippen LogP contribution < -0.4 is 10.0 Å². The molecule has 1 amide bonds. The van der Waals surface area contributed by atoms with Gasteiger partial charge in [0.2, 0.25) is 15.9 Å². The molecule has 0 spiro atoms. The minimum absolute atomic E-state index is 0.479. The minimum atomic E-state index is -4.12. The smallest absolute Gasteiger partial charge is 0.244 e. The van der Waals surface area contributed by atoms with Crippen LogP contribution in [0.5, 0.6) is 0 Å². The lowest BCUT2D eigenvalue weighted by molar-refractivity contribution is -0.117. The number of carbonyl (C=O) groups excluding carboxylic acids is 1. The molecule has 0 aromatic heterocycles. The zero-order valence-corrected chi connectivity index (χ0v) is 14.6. The normalized spacial score (nSPS) is 14.8. The van der Waals surface area contributed by atoms with E-state index in [9.17, 15) is 17.6 Å². The van der Waals surface area contributed by atoms with Crippen molar-refractivity contribution in [3.05, 3.63) is 59.4 Å². The van der Waals surface area contributed by atoms with E-state index in [4.69, 9.17) is 0 Å². The van der Waals surface area contributed by atoms with Gasteiger partial charge in [-0.1, -0.05) is 18.2 Å². The fourth-order valence-corrected chi connectivity index (χ4v) is 4.19.